The molecule has 0 radical (unpaired) electrons. The molecule has 0 aliphatic heterocycles. The third-order valence-corrected chi connectivity index (χ3v) is 13.0. The van der Waals surface area contributed by atoms with Gasteiger partial charge in [0.1, 0.15) is 54.1 Å². The fourth-order valence-corrected chi connectivity index (χ4v) is 8.08. The number of aliphatic carboxylic acids is 2. The predicted molar refractivity (Wildman–Crippen MR) is 289 cm³/mol. The molecular weight excluding hydrogens is 999 g/mol. The highest BCUT2D eigenvalue weighted by molar-refractivity contribution is 5.98. The van der Waals surface area contributed by atoms with Crippen molar-refractivity contribution in [2.24, 2.45) is 46.8 Å². The topological polar surface area (TPSA) is 406 Å². The molecule has 0 fully saturated rings. The van der Waals surface area contributed by atoms with Crippen LogP contribution in [0.2, 0.25) is 0 Å². The Hall–Kier alpha value is -6.40. The van der Waals surface area contributed by atoms with E-state index in [1.54, 1.807) is 69.2 Å². The highest BCUT2D eigenvalue weighted by atomic mass is 16.4. The van der Waals surface area contributed by atoms with E-state index < -0.39 is 150 Å². The molecule has 24 nitrogen and oxygen atoms in total. The number of benzene rings is 1. The molecule has 0 saturated carbocycles. The Morgan fingerprint density at radius 1 is 0.481 bits per heavy atom. The Kier molecular flexibility index (Phi) is 31.3. The lowest BCUT2D eigenvalue weighted by atomic mass is 9.95. The van der Waals surface area contributed by atoms with Gasteiger partial charge in [-0.1, -0.05) is 94.2 Å². The number of carbonyl (C=O) groups excluding carboxylic acids is 8. The molecule has 10 atom stereocenters. The van der Waals surface area contributed by atoms with Crippen LogP contribution < -0.4 is 59.7 Å². The van der Waals surface area contributed by atoms with Gasteiger partial charge in [0.05, 0.1) is 6.04 Å². The molecule has 0 aliphatic rings. The summed E-state index contributed by atoms with van der Waals surface area (Å²) in [6, 6.07) is -5.76. The lowest BCUT2D eigenvalue weighted by molar-refractivity contribution is -0.143. The van der Waals surface area contributed by atoms with E-state index in [-0.39, 0.29) is 30.9 Å². The van der Waals surface area contributed by atoms with Gasteiger partial charge >= 0.3 is 11.9 Å². The monoisotopic (exact) mass is 1090 g/mol. The smallest absolute Gasteiger partial charge is 0.326 e. The average molecular weight is 1090 g/mol. The predicted octanol–water partition coefficient (Wildman–Crippen LogP) is 0.408. The third-order valence-electron chi connectivity index (χ3n) is 13.0. The maximum Gasteiger partial charge on any atom is 0.326 e. The molecule has 0 aliphatic carbocycles. The largest absolute Gasteiger partial charge is 0.508 e. The van der Waals surface area contributed by atoms with Gasteiger partial charge in [0.25, 0.3) is 0 Å². The SMILES string of the molecule is CCC(C)C(NC(=O)C(NC(=O)C(Cc1ccc(O)cc1)NC(=O)C(CCC(=O)O)NC(=O)C(CC(C)C)NC(=O)C(NC(=O)C(N)CCCCN)C(C)C)C(C)C)C(=O)NC(CCCCN)C(=O)NC(C(=O)O)C(C)C. The molecule has 8 amide bonds. The van der Waals surface area contributed by atoms with E-state index in [9.17, 15) is 63.3 Å². The van der Waals surface area contributed by atoms with Gasteiger partial charge in [-0.15, -0.1) is 0 Å². The summed E-state index contributed by atoms with van der Waals surface area (Å²) in [5, 5.41) is 50.6. The number of nitrogens with one attached hydrogen (secondary N) is 8. The van der Waals surface area contributed by atoms with Gasteiger partial charge in [-0.25, -0.2) is 4.79 Å². The molecule has 17 N–H and O–H groups in total. The van der Waals surface area contributed by atoms with E-state index in [1.807, 2.05) is 0 Å². The Balaban J connectivity index is 3.61. The normalized spacial score (nSPS) is 15.3. The van der Waals surface area contributed by atoms with Gasteiger partial charge in [-0.2, -0.15) is 0 Å². The van der Waals surface area contributed by atoms with E-state index in [0.29, 0.717) is 57.2 Å². The van der Waals surface area contributed by atoms with Crippen LogP contribution >= 0.6 is 0 Å². The summed E-state index contributed by atoms with van der Waals surface area (Å²) >= 11 is 0. The standard InChI is InChI=1S/C53H91N11O13/c1-11-32(10)44(52(75)58-36(17-13-15-25-55)47(70)63-43(31(8)9)53(76)77)64-51(74)42(30(6)7)62-49(72)39(27-33-18-20-34(65)21-19-33)59-46(69)37(22-23-40(66)67)57-48(71)38(26-28(2)3)60-50(73)41(29(4)5)61-45(68)35(56)16-12-14-24-54/h18-21,28-32,35-39,41-44,65H,11-17,22-27,54-56H2,1-10H3,(H,57,71)(H,58,75)(H,59,69)(H,60,73)(H,61,68)(H,62,72)(H,63,70)(H,64,74)(H,66,67)(H,76,77). The van der Waals surface area contributed by atoms with Gasteiger partial charge in [0.2, 0.25) is 47.3 Å². The van der Waals surface area contributed by atoms with Crippen LogP contribution in [0.25, 0.3) is 0 Å². The maximum absolute atomic E-state index is 14.5. The van der Waals surface area contributed by atoms with Gasteiger partial charge in [-0.05, 0) is 105 Å². The number of carboxylic acids is 2. The Morgan fingerprint density at radius 2 is 0.883 bits per heavy atom. The Bertz CT molecular complexity index is 2090. The maximum atomic E-state index is 14.5. The second-order valence-electron chi connectivity index (χ2n) is 21.3. The number of nitrogens with two attached hydrogens (primary N) is 3. The first-order chi connectivity index (χ1) is 36.1. The van der Waals surface area contributed by atoms with Crippen LogP contribution in [0, 0.1) is 29.6 Å². The van der Waals surface area contributed by atoms with Crippen molar-refractivity contribution in [1.29, 1.82) is 0 Å². The van der Waals surface area contributed by atoms with Crippen molar-refractivity contribution in [2.75, 3.05) is 13.1 Å². The molecule has 0 heterocycles. The van der Waals surface area contributed by atoms with E-state index in [4.69, 9.17) is 17.2 Å². The van der Waals surface area contributed by atoms with Gasteiger partial charge in [-0.3, -0.25) is 43.2 Å². The summed E-state index contributed by atoms with van der Waals surface area (Å²) < 4.78 is 0. The number of aromatic hydroxyl groups is 1. The van der Waals surface area contributed by atoms with Gasteiger partial charge < -0.3 is 75.1 Å². The van der Waals surface area contributed by atoms with E-state index in [0.717, 1.165) is 0 Å². The Morgan fingerprint density at radius 3 is 1.38 bits per heavy atom. The minimum atomic E-state index is -1.59. The number of hydrogen-bond donors (Lipinski definition) is 14. The summed E-state index contributed by atoms with van der Waals surface area (Å²) in [6.45, 7) is 17.7. The second kappa shape index (κ2) is 35.1. The highest BCUT2D eigenvalue weighted by Gasteiger charge is 2.37. The molecule has 77 heavy (non-hydrogen) atoms. The first-order valence-electron chi connectivity index (χ1n) is 26.9. The fraction of sp³-hybridized carbons (Fsp3) is 0.698. The Labute approximate surface area is 453 Å². The number of carboxylic acid groups (broad SMARTS) is 2. The van der Waals surface area contributed by atoms with Crippen LogP contribution in [0.1, 0.15) is 139 Å². The van der Waals surface area contributed by atoms with Crippen molar-refractivity contribution in [3.63, 3.8) is 0 Å². The number of unbranched alkanes of at least 4 members (excludes halogenated alkanes) is 2. The summed E-state index contributed by atoms with van der Waals surface area (Å²) in [7, 11) is 0. The molecule has 0 aromatic heterocycles. The van der Waals surface area contributed by atoms with Crippen LogP contribution in [0.4, 0.5) is 0 Å². The van der Waals surface area contributed by atoms with Crippen LogP contribution in [-0.2, 0) is 54.4 Å². The molecule has 436 valence electrons. The fourth-order valence-electron chi connectivity index (χ4n) is 8.08. The number of phenolic OH excluding ortho intramolecular Hbond substituents is 1. The van der Waals surface area contributed by atoms with E-state index in [1.165, 1.54) is 24.3 Å². The zero-order chi connectivity index (χ0) is 58.7. The molecule has 0 spiro atoms. The molecule has 1 aromatic carbocycles. The molecule has 0 bridgehead atoms. The second-order valence-corrected chi connectivity index (χ2v) is 21.3. The first-order valence-corrected chi connectivity index (χ1v) is 26.9. The quantitative estimate of drug-likeness (QED) is 0.0401. The zero-order valence-electron chi connectivity index (χ0n) is 46.7. The summed E-state index contributed by atoms with van der Waals surface area (Å²) in [4.78, 5) is 135. The minimum Gasteiger partial charge on any atom is -0.508 e. The molecule has 24 heteroatoms. The summed E-state index contributed by atoms with van der Waals surface area (Å²) in [6.07, 6.45) is 1.74. The average Bonchev–Trinajstić information content (AvgIpc) is 3.35. The number of carbonyl (C=O) groups is 10. The minimum absolute atomic E-state index is 0.0580. The molecule has 1 rings (SSSR count). The van der Waals surface area contributed by atoms with Crippen molar-refractivity contribution in [3.05, 3.63) is 29.8 Å². The summed E-state index contributed by atoms with van der Waals surface area (Å²) in [5.41, 5.74) is 17.8. The van der Waals surface area contributed by atoms with Gasteiger partial charge in [0.15, 0.2) is 0 Å². The number of amides is 8. The lowest BCUT2D eigenvalue weighted by Gasteiger charge is -2.31. The van der Waals surface area contributed by atoms with Crippen molar-refractivity contribution in [1.82, 2.24) is 42.5 Å². The molecule has 1 aromatic rings. The van der Waals surface area contributed by atoms with Crippen molar-refractivity contribution in [3.8, 4) is 5.75 Å². The van der Waals surface area contributed by atoms with Crippen LogP contribution in [-0.4, -0.2) is 142 Å². The van der Waals surface area contributed by atoms with Crippen LogP contribution in [0.5, 0.6) is 5.75 Å². The lowest BCUT2D eigenvalue weighted by Crippen LogP contribution is -2.62. The van der Waals surface area contributed by atoms with E-state index >= 15 is 0 Å². The zero-order valence-corrected chi connectivity index (χ0v) is 46.7. The first kappa shape index (κ1) is 68.6. The molecular formula is C53H91N11O13. The summed E-state index contributed by atoms with van der Waals surface area (Å²) in [5.74, 6) is -11.3. The number of rotatable bonds is 37. The number of phenols is 1. The van der Waals surface area contributed by atoms with Crippen LogP contribution in [0.3, 0.4) is 0 Å². The highest BCUT2D eigenvalue weighted by Crippen LogP contribution is 2.16. The van der Waals surface area contributed by atoms with Crippen molar-refractivity contribution >= 4 is 59.2 Å². The van der Waals surface area contributed by atoms with E-state index in [2.05, 4.69) is 42.5 Å². The van der Waals surface area contributed by atoms with Crippen LogP contribution in [0.15, 0.2) is 24.3 Å². The van der Waals surface area contributed by atoms with Gasteiger partial charge in [0, 0.05) is 12.8 Å². The van der Waals surface area contributed by atoms with Crippen molar-refractivity contribution in [2.45, 2.75) is 194 Å². The molecule has 10 unspecified atom stereocenters. The molecule has 0 saturated heterocycles. The third kappa shape index (κ3) is 25.1. The number of hydrogen-bond acceptors (Lipinski definition) is 14. The van der Waals surface area contributed by atoms with Crippen molar-refractivity contribution < 1.29 is 63.3 Å².